The van der Waals surface area contributed by atoms with Crippen molar-refractivity contribution in [2.24, 2.45) is 5.73 Å². The Kier molecular flexibility index (Phi) is 10.0. The summed E-state index contributed by atoms with van der Waals surface area (Å²) in [6.45, 7) is 0. The molecule has 0 aliphatic rings. The first-order valence-electron chi connectivity index (χ1n) is 3.23. The Morgan fingerprint density at radius 1 is 1.46 bits per heavy atom. The van der Waals surface area contributed by atoms with Gasteiger partial charge in [-0.3, -0.25) is 9.35 Å². The second-order valence-corrected chi connectivity index (χ2v) is 4.84. The van der Waals surface area contributed by atoms with E-state index >= 15 is 0 Å². The van der Waals surface area contributed by atoms with E-state index in [4.69, 9.17) is 10.3 Å². The zero-order valence-corrected chi connectivity index (χ0v) is 8.03. The van der Waals surface area contributed by atoms with Gasteiger partial charge in [0.15, 0.2) is 0 Å². The van der Waals surface area contributed by atoms with Gasteiger partial charge < -0.3 is 5.73 Å². The molecule has 0 aromatic rings. The molecule has 0 bridgehead atoms. The van der Waals surface area contributed by atoms with E-state index in [2.05, 4.69) is 0 Å². The van der Waals surface area contributed by atoms with Crippen molar-refractivity contribution in [3.63, 3.8) is 0 Å². The minimum absolute atomic E-state index is 0. The van der Waals surface area contributed by atoms with Crippen LogP contribution in [0.15, 0.2) is 0 Å². The van der Waals surface area contributed by atoms with Crippen molar-refractivity contribution in [2.45, 2.75) is 6.42 Å². The Bertz CT molecular complexity index is 241. The van der Waals surface area contributed by atoms with E-state index in [1.54, 1.807) is 0 Å². The summed E-state index contributed by atoms with van der Waals surface area (Å²) in [5.74, 6) is -0.000628. The fourth-order valence-corrected chi connectivity index (χ4v) is 1.90. The third-order valence-electron chi connectivity index (χ3n) is 0.935. The molecule has 1 amide bonds. The molecule has 0 spiro atoms. The van der Waals surface area contributed by atoms with Crippen LogP contribution in [0, 0.1) is 0 Å². The second-order valence-electron chi connectivity index (χ2n) is 2.16. The molecule has 0 aromatic heterocycles. The van der Waals surface area contributed by atoms with Gasteiger partial charge in [0.2, 0.25) is 5.91 Å². The van der Waals surface area contributed by atoms with Crippen LogP contribution in [0.2, 0.25) is 0 Å². The average Bonchev–Trinajstić information content (AvgIpc) is 1.83. The number of hydrogen-bond donors (Lipinski definition) is 2. The Balaban J connectivity index is 0. The Hall–Kier alpha value is 0.730. The standard InChI is InChI=1S/C5H11NO4S2.Na.H/c6-5(7)4-11-2-1-3-12(8,9)10;;/h1-4H2,(H2,6,7)(H,8,9,10);;. The molecule has 0 fully saturated rings. The molecule has 0 atom stereocenters. The topological polar surface area (TPSA) is 97.5 Å². The Labute approximate surface area is 104 Å². The maximum absolute atomic E-state index is 10.2. The second kappa shape index (κ2) is 8.07. The molecule has 5 nitrogen and oxygen atoms in total. The van der Waals surface area contributed by atoms with Crippen molar-refractivity contribution in [2.75, 3.05) is 17.3 Å². The number of hydrogen-bond acceptors (Lipinski definition) is 4. The Morgan fingerprint density at radius 3 is 2.38 bits per heavy atom. The van der Waals surface area contributed by atoms with Crippen LogP contribution in [0.25, 0.3) is 0 Å². The van der Waals surface area contributed by atoms with Gasteiger partial charge in [0.1, 0.15) is 0 Å². The molecule has 0 saturated carbocycles. The maximum atomic E-state index is 10.2. The fraction of sp³-hybridized carbons (Fsp3) is 0.800. The van der Waals surface area contributed by atoms with E-state index in [-0.39, 0.29) is 41.1 Å². The van der Waals surface area contributed by atoms with Crippen LogP contribution in [-0.4, -0.2) is 65.7 Å². The van der Waals surface area contributed by atoms with Gasteiger partial charge in [-0.1, -0.05) is 0 Å². The van der Waals surface area contributed by atoms with Gasteiger partial charge in [0, 0.05) is 0 Å². The van der Waals surface area contributed by atoms with E-state index in [0.717, 1.165) is 0 Å². The molecule has 74 valence electrons. The summed E-state index contributed by atoms with van der Waals surface area (Å²) in [6.07, 6.45) is 0.330. The van der Waals surface area contributed by atoms with E-state index < -0.39 is 16.0 Å². The molecule has 0 aliphatic carbocycles. The van der Waals surface area contributed by atoms with Gasteiger partial charge in [-0.05, 0) is 12.2 Å². The molecule has 0 heterocycles. The van der Waals surface area contributed by atoms with Crippen LogP contribution in [-0.2, 0) is 14.9 Å². The summed E-state index contributed by atoms with van der Waals surface area (Å²) in [6, 6.07) is 0. The summed E-state index contributed by atoms with van der Waals surface area (Å²) in [5.41, 5.74) is 4.83. The SMILES string of the molecule is NC(=O)CSCCCS(=O)(=O)O.[NaH]. The van der Waals surface area contributed by atoms with Gasteiger partial charge in [0.05, 0.1) is 11.5 Å². The zero-order valence-electron chi connectivity index (χ0n) is 6.39. The summed E-state index contributed by atoms with van der Waals surface area (Å²) in [7, 11) is -3.85. The van der Waals surface area contributed by atoms with Gasteiger partial charge in [-0.25, -0.2) is 0 Å². The van der Waals surface area contributed by atoms with E-state index in [1.165, 1.54) is 11.8 Å². The number of amides is 1. The van der Waals surface area contributed by atoms with Crippen LogP contribution < -0.4 is 5.73 Å². The van der Waals surface area contributed by atoms with Gasteiger partial charge >= 0.3 is 29.6 Å². The van der Waals surface area contributed by atoms with Crippen molar-refractivity contribution >= 4 is 57.3 Å². The van der Waals surface area contributed by atoms with Crippen LogP contribution >= 0.6 is 11.8 Å². The number of primary amides is 1. The molecule has 0 aromatic carbocycles. The first-order valence-corrected chi connectivity index (χ1v) is 5.99. The molecule has 0 rings (SSSR count). The van der Waals surface area contributed by atoms with Gasteiger partial charge in [0.25, 0.3) is 10.1 Å². The van der Waals surface area contributed by atoms with Crippen LogP contribution in [0.4, 0.5) is 0 Å². The van der Waals surface area contributed by atoms with Crippen LogP contribution in [0.3, 0.4) is 0 Å². The van der Waals surface area contributed by atoms with Gasteiger partial charge in [-0.2, -0.15) is 20.2 Å². The molecule has 0 aliphatic heterocycles. The number of carbonyl (C=O) groups is 1. The third kappa shape index (κ3) is 15.5. The number of carbonyl (C=O) groups excluding carboxylic acids is 1. The summed E-state index contributed by atoms with van der Waals surface area (Å²) < 4.78 is 28.7. The Morgan fingerprint density at radius 2 is 2.00 bits per heavy atom. The minimum atomic E-state index is -3.85. The molecular weight excluding hydrogens is 225 g/mol. The van der Waals surface area contributed by atoms with Crippen LogP contribution in [0.1, 0.15) is 6.42 Å². The predicted octanol–water partition coefficient (Wildman–Crippen LogP) is -1.17. The van der Waals surface area contributed by atoms with Crippen LogP contribution in [0.5, 0.6) is 0 Å². The molecule has 0 saturated heterocycles. The third-order valence-corrected chi connectivity index (χ3v) is 2.81. The van der Waals surface area contributed by atoms with Crippen molar-refractivity contribution in [1.29, 1.82) is 0 Å². The van der Waals surface area contributed by atoms with Crippen molar-refractivity contribution < 1.29 is 17.8 Å². The molecule has 3 N–H and O–H groups in total. The van der Waals surface area contributed by atoms with E-state index in [9.17, 15) is 13.2 Å². The molecule has 0 radical (unpaired) electrons. The average molecular weight is 237 g/mol. The van der Waals surface area contributed by atoms with E-state index in [0.29, 0.717) is 12.2 Å². The monoisotopic (exact) mass is 237 g/mol. The molecular formula is C5H12NNaO4S2. The first-order chi connectivity index (χ1) is 5.42. The normalized spacial score (nSPS) is 10.5. The fourth-order valence-electron chi connectivity index (χ4n) is 0.516. The number of thioether (sulfide) groups is 1. The number of rotatable bonds is 6. The quantitative estimate of drug-likeness (QED) is 0.345. The van der Waals surface area contributed by atoms with E-state index in [1.807, 2.05) is 0 Å². The predicted molar refractivity (Wildman–Crippen MR) is 54.7 cm³/mol. The van der Waals surface area contributed by atoms with Crippen molar-refractivity contribution in [3.8, 4) is 0 Å². The van der Waals surface area contributed by atoms with Crippen molar-refractivity contribution in [3.05, 3.63) is 0 Å². The summed E-state index contributed by atoms with van der Waals surface area (Å²) in [5, 5.41) is 0. The zero-order chi connectivity index (χ0) is 9.61. The van der Waals surface area contributed by atoms with Gasteiger partial charge in [-0.15, -0.1) is 0 Å². The summed E-state index contributed by atoms with van der Waals surface area (Å²) >= 11 is 1.25. The molecule has 13 heavy (non-hydrogen) atoms. The molecule has 8 heteroatoms. The first kappa shape index (κ1) is 16.2. The van der Waals surface area contributed by atoms with Crippen molar-refractivity contribution in [1.82, 2.24) is 0 Å². The number of nitrogens with two attached hydrogens (primary N) is 1. The molecule has 0 unspecified atom stereocenters. The summed E-state index contributed by atoms with van der Waals surface area (Å²) in [4.78, 5) is 10.2.